The van der Waals surface area contributed by atoms with Crippen LogP contribution in [0.1, 0.15) is 56.8 Å². The maximum atomic E-state index is 11.6. The number of nitrogens with zero attached hydrogens (tertiary/aromatic N) is 2. The largest absolute Gasteiger partial charge is 0.388 e. The predicted octanol–water partition coefficient (Wildman–Crippen LogP) is 3.45. The average molecular weight is 328 g/mol. The molecule has 0 radical (unpaired) electrons. The first kappa shape index (κ1) is 17.2. The molecule has 0 spiro atoms. The first-order valence-corrected chi connectivity index (χ1v) is 9.00. The van der Waals surface area contributed by atoms with Crippen LogP contribution in [0.25, 0.3) is 0 Å². The molecule has 24 heavy (non-hydrogen) atoms. The summed E-state index contributed by atoms with van der Waals surface area (Å²) in [5.74, 6) is 1.32. The Bertz CT molecular complexity index is 647. The highest BCUT2D eigenvalue weighted by Gasteiger charge is 2.45. The quantitative estimate of drug-likeness (QED) is 0.854. The lowest BCUT2D eigenvalue weighted by Crippen LogP contribution is -2.47. The van der Waals surface area contributed by atoms with Crippen molar-refractivity contribution >= 4 is 0 Å². The lowest BCUT2D eigenvalue weighted by atomic mass is 9.76. The van der Waals surface area contributed by atoms with Gasteiger partial charge in [-0.05, 0) is 24.3 Å². The first-order valence-electron chi connectivity index (χ1n) is 9.00. The van der Waals surface area contributed by atoms with E-state index in [1.54, 1.807) is 6.20 Å². The zero-order chi connectivity index (χ0) is 17.2. The number of imidazole rings is 1. The van der Waals surface area contributed by atoms with Gasteiger partial charge >= 0.3 is 0 Å². The van der Waals surface area contributed by atoms with Crippen LogP contribution in [0.3, 0.4) is 0 Å². The third-order valence-electron chi connectivity index (χ3n) is 5.36. The molecule has 2 aromatic rings. The molecule has 1 aliphatic carbocycles. The SMILES string of the molecule is CC(C)c1nccn1CC(O)C(O)(c1ccccc1)C1CCCC1. The highest BCUT2D eigenvalue weighted by molar-refractivity contribution is 5.25. The Labute approximate surface area is 144 Å². The van der Waals surface area contributed by atoms with E-state index in [2.05, 4.69) is 18.8 Å². The zero-order valence-corrected chi connectivity index (χ0v) is 14.6. The number of hydrogen-bond acceptors (Lipinski definition) is 3. The van der Waals surface area contributed by atoms with Crippen LogP contribution in [0.4, 0.5) is 0 Å². The van der Waals surface area contributed by atoms with Gasteiger partial charge < -0.3 is 14.8 Å². The van der Waals surface area contributed by atoms with Crippen LogP contribution in [0, 0.1) is 5.92 Å². The van der Waals surface area contributed by atoms with Gasteiger partial charge in [0.15, 0.2) is 0 Å². The van der Waals surface area contributed by atoms with Gasteiger partial charge in [-0.25, -0.2) is 4.98 Å². The second-order valence-electron chi connectivity index (χ2n) is 7.28. The third kappa shape index (κ3) is 3.13. The van der Waals surface area contributed by atoms with E-state index in [0.717, 1.165) is 37.1 Å². The van der Waals surface area contributed by atoms with Crippen molar-refractivity contribution < 1.29 is 10.2 Å². The van der Waals surface area contributed by atoms with Crippen LogP contribution in [-0.4, -0.2) is 25.9 Å². The van der Waals surface area contributed by atoms with Crippen LogP contribution in [-0.2, 0) is 12.1 Å². The van der Waals surface area contributed by atoms with Crippen molar-refractivity contribution in [2.45, 2.75) is 63.7 Å². The first-order chi connectivity index (χ1) is 11.5. The summed E-state index contributed by atoms with van der Waals surface area (Å²) in [6.45, 7) is 4.53. The molecular weight excluding hydrogens is 300 g/mol. The molecule has 130 valence electrons. The van der Waals surface area contributed by atoms with Crippen LogP contribution < -0.4 is 0 Å². The standard InChI is InChI=1S/C20H28N2O2/c1-15(2)19-21-12-13-22(19)14-18(23)20(24,17-10-6-7-11-17)16-8-4-3-5-9-16/h3-5,8-9,12-13,15,17-18,23-24H,6-7,10-11,14H2,1-2H3. The fourth-order valence-corrected chi connectivity index (χ4v) is 4.07. The van der Waals surface area contributed by atoms with E-state index in [1.807, 2.05) is 41.1 Å². The molecular formula is C20H28N2O2. The third-order valence-corrected chi connectivity index (χ3v) is 5.36. The lowest BCUT2D eigenvalue weighted by Gasteiger charge is -2.39. The maximum absolute atomic E-state index is 11.6. The van der Waals surface area contributed by atoms with Gasteiger partial charge in [0.2, 0.25) is 0 Å². The summed E-state index contributed by atoms with van der Waals surface area (Å²) in [5.41, 5.74) is -0.397. The topological polar surface area (TPSA) is 58.3 Å². The molecule has 0 bridgehead atoms. The molecule has 1 heterocycles. The van der Waals surface area contributed by atoms with E-state index in [9.17, 15) is 10.2 Å². The van der Waals surface area contributed by atoms with Crippen molar-refractivity contribution in [2.75, 3.05) is 0 Å². The van der Waals surface area contributed by atoms with Gasteiger partial charge in [-0.3, -0.25) is 0 Å². The van der Waals surface area contributed by atoms with Crippen molar-refractivity contribution in [1.29, 1.82) is 0 Å². The predicted molar refractivity (Wildman–Crippen MR) is 94.6 cm³/mol. The fourth-order valence-electron chi connectivity index (χ4n) is 4.07. The van der Waals surface area contributed by atoms with Gasteiger partial charge in [0.05, 0.1) is 6.54 Å². The number of aromatic nitrogens is 2. The van der Waals surface area contributed by atoms with Gasteiger partial charge in [0.1, 0.15) is 17.5 Å². The van der Waals surface area contributed by atoms with Gasteiger partial charge in [-0.1, -0.05) is 57.0 Å². The van der Waals surface area contributed by atoms with Crippen LogP contribution in [0.2, 0.25) is 0 Å². The van der Waals surface area contributed by atoms with Crippen LogP contribution in [0.15, 0.2) is 42.7 Å². The van der Waals surface area contributed by atoms with Crippen molar-refractivity contribution in [1.82, 2.24) is 9.55 Å². The molecule has 0 aliphatic heterocycles. The Hall–Kier alpha value is -1.65. The van der Waals surface area contributed by atoms with E-state index >= 15 is 0 Å². The summed E-state index contributed by atoms with van der Waals surface area (Å²) in [6, 6.07) is 9.66. The molecule has 1 aromatic heterocycles. The maximum Gasteiger partial charge on any atom is 0.120 e. The summed E-state index contributed by atoms with van der Waals surface area (Å²) >= 11 is 0. The molecule has 2 N–H and O–H groups in total. The second kappa shape index (κ2) is 7.08. The van der Waals surface area contributed by atoms with E-state index in [-0.39, 0.29) is 11.8 Å². The summed E-state index contributed by atoms with van der Waals surface area (Å²) < 4.78 is 1.97. The Balaban J connectivity index is 1.92. The van der Waals surface area contributed by atoms with Gasteiger partial charge in [-0.2, -0.15) is 0 Å². The lowest BCUT2D eigenvalue weighted by molar-refractivity contribution is -0.125. The van der Waals surface area contributed by atoms with Gasteiger partial charge in [0.25, 0.3) is 0 Å². The Morgan fingerprint density at radius 1 is 1.21 bits per heavy atom. The highest BCUT2D eigenvalue weighted by Crippen LogP contribution is 2.43. The Morgan fingerprint density at radius 2 is 1.88 bits per heavy atom. The molecule has 1 saturated carbocycles. The van der Waals surface area contributed by atoms with Crippen LogP contribution >= 0.6 is 0 Å². The zero-order valence-electron chi connectivity index (χ0n) is 14.6. The molecule has 0 saturated heterocycles. The van der Waals surface area contributed by atoms with Gasteiger partial charge in [-0.15, -0.1) is 0 Å². The van der Waals surface area contributed by atoms with Crippen molar-refractivity contribution in [2.24, 2.45) is 5.92 Å². The minimum absolute atomic E-state index is 0.0981. The highest BCUT2D eigenvalue weighted by atomic mass is 16.3. The second-order valence-corrected chi connectivity index (χ2v) is 7.28. The average Bonchev–Trinajstić information content (AvgIpc) is 3.26. The number of aliphatic hydroxyl groups is 2. The normalized spacial score (nSPS) is 19.5. The number of hydrogen-bond donors (Lipinski definition) is 2. The summed E-state index contributed by atoms with van der Waals surface area (Å²) in [5, 5.41) is 22.7. The minimum Gasteiger partial charge on any atom is -0.388 e. The van der Waals surface area contributed by atoms with Gasteiger partial charge in [0, 0.05) is 18.3 Å². The minimum atomic E-state index is -1.21. The van der Waals surface area contributed by atoms with Crippen molar-refractivity contribution in [3.8, 4) is 0 Å². The number of aliphatic hydroxyl groups excluding tert-OH is 1. The van der Waals surface area contributed by atoms with Crippen molar-refractivity contribution in [3.05, 3.63) is 54.1 Å². The molecule has 1 aliphatic rings. The van der Waals surface area contributed by atoms with Crippen molar-refractivity contribution in [3.63, 3.8) is 0 Å². The van der Waals surface area contributed by atoms with E-state index in [0.29, 0.717) is 6.54 Å². The van der Waals surface area contributed by atoms with E-state index in [4.69, 9.17) is 0 Å². The number of benzene rings is 1. The molecule has 2 atom stereocenters. The molecule has 0 amide bonds. The Morgan fingerprint density at radius 3 is 2.50 bits per heavy atom. The van der Waals surface area contributed by atoms with E-state index in [1.165, 1.54) is 0 Å². The fraction of sp³-hybridized carbons (Fsp3) is 0.550. The Kier molecular flexibility index (Phi) is 5.07. The molecule has 4 nitrogen and oxygen atoms in total. The monoisotopic (exact) mass is 328 g/mol. The van der Waals surface area contributed by atoms with E-state index < -0.39 is 11.7 Å². The van der Waals surface area contributed by atoms with Crippen LogP contribution in [0.5, 0.6) is 0 Å². The summed E-state index contributed by atoms with van der Waals surface area (Å²) in [4.78, 5) is 4.39. The summed E-state index contributed by atoms with van der Waals surface area (Å²) in [6.07, 6.45) is 6.95. The summed E-state index contributed by atoms with van der Waals surface area (Å²) in [7, 11) is 0. The molecule has 4 heteroatoms. The molecule has 1 aromatic carbocycles. The molecule has 3 rings (SSSR count). The smallest absolute Gasteiger partial charge is 0.120 e. The molecule has 2 unspecified atom stereocenters. The molecule has 1 fully saturated rings. The number of rotatable bonds is 6.